The van der Waals surface area contributed by atoms with Gasteiger partial charge in [-0.15, -0.1) is 6.58 Å². The van der Waals surface area contributed by atoms with Gasteiger partial charge >= 0.3 is 11.4 Å². The quantitative estimate of drug-likeness (QED) is 0.447. The highest BCUT2D eigenvalue weighted by Crippen LogP contribution is 2.36. The van der Waals surface area contributed by atoms with E-state index in [1.165, 1.54) is 6.08 Å². The van der Waals surface area contributed by atoms with Gasteiger partial charge in [-0.05, 0) is 0 Å². The summed E-state index contributed by atoms with van der Waals surface area (Å²) >= 11 is 0. The first-order valence-corrected chi connectivity index (χ1v) is 4.37. The van der Waals surface area contributed by atoms with E-state index in [1.54, 1.807) is 0 Å². The second-order valence-electron chi connectivity index (χ2n) is 3.07. The third-order valence-corrected chi connectivity index (χ3v) is 2.01. The van der Waals surface area contributed by atoms with Crippen molar-refractivity contribution in [3.63, 3.8) is 0 Å². The van der Waals surface area contributed by atoms with Crippen molar-refractivity contribution in [2.75, 3.05) is 11.5 Å². The van der Waals surface area contributed by atoms with E-state index in [-0.39, 0.29) is 12.0 Å². The van der Waals surface area contributed by atoms with Crippen LogP contribution in [0.3, 0.4) is 0 Å². The first-order valence-electron chi connectivity index (χ1n) is 4.37. The van der Waals surface area contributed by atoms with Crippen molar-refractivity contribution in [1.29, 1.82) is 0 Å². The van der Waals surface area contributed by atoms with E-state index in [4.69, 9.17) is 11.5 Å². The van der Waals surface area contributed by atoms with E-state index in [0.29, 0.717) is 0 Å². The molecule has 0 aromatic carbocycles. The van der Waals surface area contributed by atoms with Crippen LogP contribution in [-0.4, -0.2) is 14.8 Å². The van der Waals surface area contributed by atoms with Crippen molar-refractivity contribution in [2.45, 2.75) is 6.42 Å². The third-order valence-electron chi connectivity index (χ3n) is 2.01. The molecule has 0 unspecified atom stereocenters. The standard InChI is InChI=1S/C8H9N5O4/c1-2-3-4-5(12(14)15)7(9)11-8(10)6(4)13(16)17/h2H,1,3H2,(H4,9,10,11). The van der Waals surface area contributed by atoms with Crippen molar-refractivity contribution in [2.24, 2.45) is 0 Å². The number of anilines is 2. The summed E-state index contributed by atoms with van der Waals surface area (Å²) in [4.78, 5) is 23.3. The summed E-state index contributed by atoms with van der Waals surface area (Å²) in [6.45, 7) is 3.37. The number of pyridine rings is 1. The van der Waals surface area contributed by atoms with Gasteiger partial charge in [0.25, 0.3) is 0 Å². The van der Waals surface area contributed by atoms with Crippen LogP contribution in [0.5, 0.6) is 0 Å². The van der Waals surface area contributed by atoms with Crippen LogP contribution >= 0.6 is 0 Å². The maximum absolute atomic E-state index is 10.8. The third kappa shape index (κ3) is 2.12. The minimum Gasteiger partial charge on any atom is -0.378 e. The molecule has 0 saturated carbocycles. The fraction of sp³-hybridized carbons (Fsp3) is 0.125. The summed E-state index contributed by atoms with van der Waals surface area (Å²) in [7, 11) is 0. The molecule has 9 nitrogen and oxygen atoms in total. The number of nitrogen functional groups attached to an aromatic ring is 2. The number of hydrogen-bond donors (Lipinski definition) is 2. The Labute approximate surface area is 95.0 Å². The number of allylic oxidation sites excluding steroid dienone is 1. The van der Waals surface area contributed by atoms with Crippen LogP contribution in [0.1, 0.15) is 5.56 Å². The molecule has 1 aromatic heterocycles. The van der Waals surface area contributed by atoms with Crippen molar-refractivity contribution in [3.05, 3.63) is 38.4 Å². The predicted molar refractivity (Wildman–Crippen MR) is 60.3 cm³/mol. The average molecular weight is 239 g/mol. The molecule has 90 valence electrons. The van der Waals surface area contributed by atoms with Gasteiger partial charge in [0, 0.05) is 6.42 Å². The van der Waals surface area contributed by atoms with Gasteiger partial charge in [-0.1, -0.05) is 6.08 Å². The van der Waals surface area contributed by atoms with Gasteiger partial charge in [-0.25, -0.2) is 4.98 Å². The van der Waals surface area contributed by atoms with E-state index >= 15 is 0 Å². The predicted octanol–water partition coefficient (Wildman–Crippen LogP) is 0.791. The summed E-state index contributed by atoms with van der Waals surface area (Å²) in [5, 5.41) is 21.6. The highest BCUT2D eigenvalue weighted by Gasteiger charge is 2.31. The molecule has 0 spiro atoms. The van der Waals surface area contributed by atoms with E-state index in [0.717, 1.165) is 0 Å². The molecule has 0 radical (unpaired) electrons. The lowest BCUT2D eigenvalue weighted by molar-refractivity contribution is -0.394. The smallest absolute Gasteiger partial charge is 0.321 e. The molecule has 0 aliphatic carbocycles. The largest absolute Gasteiger partial charge is 0.378 e. The summed E-state index contributed by atoms with van der Waals surface area (Å²) in [5.41, 5.74) is 9.26. The zero-order valence-corrected chi connectivity index (χ0v) is 8.62. The zero-order chi connectivity index (χ0) is 13.2. The van der Waals surface area contributed by atoms with E-state index in [9.17, 15) is 20.2 Å². The molecule has 0 atom stereocenters. The van der Waals surface area contributed by atoms with Gasteiger partial charge in [0.2, 0.25) is 11.6 Å². The summed E-state index contributed by atoms with van der Waals surface area (Å²) in [6.07, 6.45) is 1.19. The van der Waals surface area contributed by atoms with Crippen LogP contribution in [0.15, 0.2) is 12.7 Å². The van der Waals surface area contributed by atoms with E-state index in [2.05, 4.69) is 11.6 Å². The van der Waals surface area contributed by atoms with Crippen LogP contribution < -0.4 is 11.5 Å². The second kappa shape index (κ2) is 4.43. The van der Waals surface area contributed by atoms with Gasteiger partial charge in [0.1, 0.15) is 5.56 Å². The molecule has 1 heterocycles. The number of aromatic nitrogens is 1. The number of nitro groups is 2. The molecule has 0 bridgehead atoms. The molecular formula is C8H9N5O4. The summed E-state index contributed by atoms with van der Waals surface area (Å²) in [6, 6.07) is 0. The van der Waals surface area contributed by atoms with Crippen LogP contribution in [0.4, 0.5) is 23.0 Å². The first-order chi connectivity index (χ1) is 7.90. The normalized spacial score (nSPS) is 9.88. The van der Waals surface area contributed by atoms with Crippen molar-refractivity contribution in [1.82, 2.24) is 4.98 Å². The van der Waals surface area contributed by atoms with Crippen LogP contribution in [0, 0.1) is 20.2 Å². The molecule has 1 aromatic rings. The monoisotopic (exact) mass is 239 g/mol. The highest BCUT2D eigenvalue weighted by molar-refractivity contribution is 5.72. The van der Waals surface area contributed by atoms with Crippen LogP contribution in [0.2, 0.25) is 0 Å². The fourth-order valence-electron chi connectivity index (χ4n) is 1.40. The molecule has 17 heavy (non-hydrogen) atoms. The molecule has 0 saturated heterocycles. The van der Waals surface area contributed by atoms with Crippen molar-refractivity contribution in [3.8, 4) is 0 Å². The number of rotatable bonds is 4. The Morgan fingerprint density at radius 2 is 1.59 bits per heavy atom. The fourth-order valence-corrected chi connectivity index (χ4v) is 1.40. The Hall–Kier alpha value is -2.71. The molecule has 0 fully saturated rings. The van der Waals surface area contributed by atoms with Gasteiger partial charge in [0.05, 0.1) is 9.85 Å². The Morgan fingerprint density at radius 3 is 1.88 bits per heavy atom. The molecule has 0 aliphatic rings. The molecule has 1 rings (SSSR count). The highest BCUT2D eigenvalue weighted by atomic mass is 16.6. The molecule has 9 heteroatoms. The number of nitrogens with zero attached hydrogens (tertiary/aromatic N) is 3. The Morgan fingerprint density at radius 1 is 1.18 bits per heavy atom. The Bertz CT molecular complexity index is 475. The maximum atomic E-state index is 10.8. The van der Waals surface area contributed by atoms with Gasteiger partial charge in [0.15, 0.2) is 0 Å². The summed E-state index contributed by atoms with van der Waals surface area (Å²) in [5.74, 6) is -0.898. The lowest BCUT2D eigenvalue weighted by Crippen LogP contribution is -2.09. The van der Waals surface area contributed by atoms with Gasteiger partial charge < -0.3 is 11.5 Å². The molecule has 0 aliphatic heterocycles. The SMILES string of the molecule is C=CCc1c([N+](=O)[O-])c(N)nc(N)c1[N+](=O)[O-]. The lowest BCUT2D eigenvalue weighted by atomic mass is 10.1. The average Bonchev–Trinajstić information content (AvgIpc) is 2.15. The molecular weight excluding hydrogens is 230 g/mol. The zero-order valence-electron chi connectivity index (χ0n) is 8.62. The number of hydrogen-bond acceptors (Lipinski definition) is 7. The minimum absolute atomic E-state index is 0.0937. The van der Waals surface area contributed by atoms with Crippen molar-refractivity contribution >= 4 is 23.0 Å². The van der Waals surface area contributed by atoms with Crippen LogP contribution in [0.25, 0.3) is 0 Å². The van der Waals surface area contributed by atoms with Crippen LogP contribution in [-0.2, 0) is 6.42 Å². The number of nitrogens with two attached hydrogens (primary N) is 2. The van der Waals surface area contributed by atoms with Crippen molar-refractivity contribution < 1.29 is 9.85 Å². The second-order valence-corrected chi connectivity index (χ2v) is 3.07. The van der Waals surface area contributed by atoms with Gasteiger partial charge in [-0.2, -0.15) is 0 Å². The molecule has 4 N–H and O–H groups in total. The minimum atomic E-state index is -0.826. The van der Waals surface area contributed by atoms with E-state index < -0.39 is 32.9 Å². The van der Waals surface area contributed by atoms with E-state index in [1.807, 2.05) is 0 Å². The van der Waals surface area contributed by atoms with Gasteiger partial charge in [-0.3, -0.25) is 20.2 Å². The summed E-state index contributed by atoms with van der Waals surface area (Å²) < 4.78 is 0. The topological polar surface area (TPSA) is 151 Å². The Balaban J connectivity index is 3.70. The first kappa shape index (κ1) is 12.4. The maximum Gasteiger partial charge on any atom is 0.321 e. The Kier molecular flexibility index (Phi) is 3.22. The molecule has 0 amide bonds. The lowest BCUT2D eigenvalue weighted by Gasteiger charge is -2.05.